The van der Waals surface area contributed by atoms with Crippen LogP contribution in [0.3, 0.4) is 0 Å². The van der Waals surface area contributed by atoms with Crippen LogP contribution in [0.4, 0.5) is 0 Å². The molecule has 0 aliphatic carbocycles. The number of hydrogen-bond acceptors (Lipinski definition) is 4. The zero-order valence-electron chi connectivity index (χ0n) is 10.9. The molecular formula is C14H14I2O4. The molecular weight excluding hydrogens is 486 g/mol. The van der Waals surface area contributed by atoms with Crippen molar-refractivity contribution in [3.8, 4) is 0 Å². The van der Waals surface area contributed by atoms with Crippen LogP contribution in [0.25, 0.3) is 0 Å². The minimum atomic E-state index is -0.461. The first-order chi connectivity index (χ1) is 9.49. The molecule has 1 rings (SSSR count). The third-order valence-corrected chi connectivity index (χ3v) is 4.28. The van der Waals surface area contributed by atoms with Crippen molar-refractivity contribution in [1.29, 1.82) is 0 Å². The van der Waals surface area contributed by atoms with Crippen molar-refractivity contribution < 1.29 is 19.1 Å². The van der Waals surface area contributed by atoms with Crippen LogP contribution in [0.2, 0.25) is 0 Å². The van der Waals surface area contributed by atoms with E-state index >= 15 is 0 Å². The number of rotatable bonds is 7. The molecule has 0 unspecified atom stereocenters. The van der Waals surface area contributed by atoms with Crippen molar-refractivity contribution >= 4 is 62.7 Å². The Balaban J connectivity index is 3.10. The van der Waals surface area contributed by atoms with Crippen molar-refractivity contribution in [2.24, 2.45) is 0 Å². The Morgan fingerprint density at radius 3 is 1.75 bits per heavy atom. The summed E-state index contributed by atoms with van der Waals surface area (Å²) in [4.78, 5) is 34.7. The molecule has 0 fully saturated rings. The Morgan fingerprint density at radius 1 is 0.950 bits per heavy atom. The van der Waals surface area contributed by atoms with Crippen LogP contribution in [-0.2, 0) is 27.2 Å². The fourth-order valence-corrected chi connectivity index (χ4v) is 2.29. The van der Waals surface area contributed by atoms with Gasteiger partial charge >= 0.3 is 5.97 Å². The van der Waals surface area contributed by atoms with Gasteiger partial charge in [0.05, 0.1) is 21.5 Å². The van der Waals surface area contributed by atoms with Crippen molar-refractivity contribution in [3.05, 3.63) is 34.9 Å². The highest BCUT2D eigenvalue weighted by Crippen LogP contribution is 2.14. The van der Waals surface area contributed by atoms with Gasteiger partial charge in [0.25, 0.3) is 0 Å². The predicted molar refractivity (Wildman–Crippen MR) is 93.0 cm³/mol. The van der Waals surface area contributed by atoms with E-state index in [0.29, 0.717) is 14.4 Å². The summed E-state index contributed by atoms with van der Waals surface area (Å²) >= 11 is 4.02. The first-order valence-corrected chi connectivity index (χ1v) is 8.91. The van der Waals surface area contributed by atoms with Crippen LogP contribution in [0.1, 0.15) is 21.5 Å². The summed E-state index contributed by atoms with van der Waals surface area (Å²) in [6, 6.07) is 5.10. The predicted octanol–water partition coefficient (Wildman–Crippen LogP) is 2.57. The highest BCUT2D eigenvalue weighted by Gasteiger charge is 2.12. The van der Waals surface area contributed by atoms with Crippen molar-refractivity contribution in [2.45, 2.75) is 12.8 Å². The van der Waals surface area contributed by atoms with Gasteiger partial charge in [0.15, 0.2) is 0 Å². The molecule has 1 aromatic carbocycles. The van der Waals surface area contributed by atoms with Crippen LogP contribution < -0.4 is 0 Å². The molecule has 0 aliphatic rings. The minimum absolute atomic E-state index is 0.0822. The number of benzene rings is 1. The van der Waals surface area contributed by atoms with Gasteiger partial charge in [-0.3, -0.25) is 9.59 Å². The molecule has 6 heteroatoms. The van der Waals surface area contributed by atoms with Gasteiger partial charge in [-0.2, -0.15) is 0 Å². The van der Waals surface area contributed by atoms with E-state index in [9.17, 15) is 14.4 Å². The molecule has 0 aliphatic heterocycles. The molecule has 0 atom stereocenters. The van der Waals surface area contributed by atoms with E-state index in [0.717, 1.165) is 11.1 Å². The zero-order chi connectivity index (χ0) is 15.1. The SMILES string of the molecule is COC(=O)c1cc(CC(=O)CI)cc(CC(=O)CI)c1. The van der Waals surface area contributed by atoms with Gasteiger partial charge in [-0.05, 0) is 23.3 Å². The van der Waals surface area contributed by atoms with Crippen LogP contribution in [0, 0.1) is 0 Å². The van der Waals surface area contributed by atoms with E-state index in [4.69, 9.17) is 4.74 Å². The molecule has 0 N–H and O–H groups in total. The Hall–Kier alpha value is -0.510. The summed E-state index contributed by atoms with van der Waals surface area (Å²) in [5.41, 5.74) is 1.86. The average Bonchev–Trinajstić information content (AvgIpc) is 2.45. The number of esters is 1. The number of hydrogen-bond donors (Lipinski definition) is 0. The highest BCUT2D eigenvalue weighted by atomic mass is 127. The maximum atomic E-state index is 11.6. The lowest BCUT2D eigenvalue weighted by molar-refractivity contribution is -0.116. The summed E-state index contributed by atoms with van der Waals surface area (Å²) in [6.45, 7) is 0. The summed E-state index contributed by atoms with van der Waals surface area (Å²) in [6.07, 6.45) is 0.526. The standard InChI is InChI=1S/C14H14I2O4/c1-20-14(19)11-3-9(5-12(17)7-15)2-10(4-11)6-13(18)8-16/h2-4H,5-8H2,1H3. The van der Waals surface area contributed by atoms with Crippen LogP contribution in [0.15, 0.2) is 18.2 Å². The normalized spacial score (nSPS) is 10.2. The second kappa shape index (κ2) is 8.71. The van der Waals surface area contributed by atoms with E-state index < -0.39 is 5.97 Å². The molecule has 1 aromatic rings. The minimum Gasteiger partial charge on any atom is -0.465 e. The molecule has 0 saturated carbocycles. The van der Waals surface area contributed by atoms with Gasteiger partial charge in [-0.1, -0.05) is 51.2 Å². The Kier molecular flexibility index (Phi) is 7.63. The van der Waals surface area contributed by atoms with Crippen LogP contribution >= 0.6 is 45.2 Å². The number of carbonyl (C=O) groups is 3. The molecule has 0 bridgehead atoms. The third-order valence-electron chi connectivity index (χ3n) is 2.57. The number of ketones is 2. The van der Waals surface area contributed by atoms with Crippen LogP contribution in [-0.4, -0.2) is 33.5 Å². The molecule has 0 aromatic heterocycles. The Bertz CT molecular complexity index is 490. The topological polar surface area (TPSA) is 60.4 Å². The van der Waals surface area contributed by atoms with Gasteiger partial charge in [-0.25, -0.2) is 4.79 Å². The fourth-order valence-electron chi connectivity index (χ4n) is 1.75. The van der Waals surface area contributed by atoms with Gasteiger partial charge in [0, 0.05) is 12.8 Å². The van der Waals surface area contributed by atoms with E-state index in [1.807, 2.05) is 45.2 Å². The van der Waals surface area contributed by atoms with Crippen molar-refractivity contribution in [1.82, 2.24) is 0 Å². The summed E-state index contributed by atoms with van der Waals surface area (Å²) in [5.74, 6) is -0.297. The zero-order valence-corrected chi connectivity index (χ0v) is 15.3. The number of Topliss-reactive ketones (excluding diaryl/α,β-unsaturated/α-hetero) is 2. The smallest absolute Gasteiger partial charge is 0.337 e. The van der Waals surface area contributed by atoms with E-state index in [2.05, 4.69) is 0 Å². The van der Waals surface area contributed by atoms with Crippen LogP contribution in [0.5, 0.6) is 0 Å². The molecule has 0 amide bonds. The monoisotopic (exact) mass is 500 g/mol. The summed E-state index contributed by atoms with van der Waals surface area (Å²) in [7, 11) is 1.31. The Labute approximate surface area is 144 Å². The highest BCUT2D eigenvalue weighted by molar-refractivity contribution is 14.1. The lowest BCUT2D eigenvalue weighted by atomic mass is 9.99. The third kappa shape index (κ3) is 5.47. The second-order valence-corrected chi connectivity index (χ2v) is 5.75. The molecule has 108 valence electrons. The number of halogens is 2. The van der Waals surface area contributed by atoms with E-state index in [1.165, 1.54) is 7.11 Å². The van der Waals surface area contributed by atoms with Crippen molar-refractivity contribution in [3.63, 3.8) is 0 Å². The maximum absolute atomic E-state index is 11.6. The molecule has 0 radical (unpaired) electrons. The number of carbonyl (C=O) groups excluding carboxylic acids is 3. The molecule has 20 heavy (non-hydrogen) atoms. The molecule has 0 heterocycles. The number of ether oxygens (including phenoxy) is 1. The first kappa shape index (κ1) is 17.5. The lowest BCUT2D eigenvalue weighted by Gasteiger charge is -2.07. The van der Waals surface area contributed by atoms with Gasteiger partial charge < -0.3 is 4.74 Å². The molecule has 0 saturated heterocycles. The first-order valence-electron chi connectivity index (χ1n) is 5.86. The number of methoxy groups -OCH3 is 1. The second-order valence-electron chi connectivity index (χ2n) is 4.23. The lowest BCUT2D eigenvalue weighted by Crippen LogP contribution is -2.10. The molecule has 4 nitrogen and oxygen atoms in total. The molecule has 0 spiro atoms. The summed E-state index contributed by atoms with van der Waals surface area (Å²) < 4.78 is 5.53. The van der Waals surface area contributed by atoms with Crippen molar-refractivity contribution in [2.75, 3.05) is 16.0 Å². The van der Waals surface area contributed by atoms with Gasteiger partial charge in [-0.15, -0.1) is 0 Å². The van der Waals surface area contributed by atoms with E-state index in [-0.39, 0.29) is 24.4 Å². The largest absolute Gasteiger partial charge is 0.465 e. The fraction of sp³-hybridized carbons (Fsp3) is 0.357. The van der Waals surface area contributed by atoms with Gasteiger partial charge in [0.2, 0.25) is 0 Å². The quantitative estimate of drug-likeness (QED) is 0.329. The number of alkyl halides is 2. The van der Waals surface area contributed by atoms with Gasteiger partial charge in [0.1, 0.15) is 11.6 Å². The Morgan fingerprint density at radius 2 is 1.40 bits per heavy atom. The van der Waals surface area contributed by atoms with E-state index in [1.54, 1.807) is 18.2 Å². The maximum Gasteiger partial charge on any atom is 0.337 e. The average molecular weight is 500 g/mol. The summed E-state index contributed by atoms with van der Waals surface area (Å²) in [5, 5.41) is 0.